The molecule has 0 atom stereocenters. The van der Waals surface area contributed by atoms with E-state index in [1.54, 1.807) is 0 Å². The van der Waals surface area contributed by atoms with E-state index in [0.717, 1.165) is 36.5 Å². The van der Waals surface area contributed by atoms with Crippen LogP contribution in [0.5, 0.6) is 0 Å². The van der Waals surface area contributed by atoms with Crippen LogP contribution < -0.4 is 5.32 Å². The fourth-order valence-corrected chi connectivity index (χ4v) is 1.85. The molecule has 0 aromatic carbocycles. The topological polar surface area (TPSA) is 41.1 Å². The zero-order chi connectivity index (χ0) is 11.5. The molecule has 1 fully saturated rings. The molecule has 1 aromatic heterocycles. The summed E-state index contributed by atoms with van der Waals surface area (Å²) in [6.45, 7) is 5.96. The molecule has 1 heterocycles. The summed E-state index contributed by atoms with van der Waals surface area (Å²) in [4.78, 5) is 11.1. The first kappa shape index (κ1) is 11.3. The summed E-state index contributed by atoms with van der Waals surface area (Å²) in [7, 11) is 2.18. The second-order valence-electron chi connectivity index (χ2n) is 4.61. The Morgan fingerprint density at radius 3 is 2.50 bits per heavy atom. The van der Waals surface area contributed by atoms with Gasteiger partial charge in [0.05, 0.1) is 0 Å². The predicted molar refractivity (Wildman–Crippen MR) is 65.6 cm³/mol. The van der Waals surface area contributed by atoms with Crippen molar-refractivity contribution in [3.63, 3.8) is 0 Å². The highest BCUT2D eigenvalue weighted by molar-refractivity contribution is 5.27. The number of hydrogen-bond donors (Lipinski definition) is 1. The average molecular weight is 220 g/mol. The molecule has 1 aromatic rings. The monoisotopic (exact) mass is 220 g/mol. The molecule has 1 aliphatic rings. The Hall–Kier alpha value is -1.16. The van der Waals surface area contributed by atoms with E-state index in [1.807, 2.05) is 19.9 Å². The van der Waals surface area contributed by atoms with Crippen molar-refractivity contribution in [1.29, 1.82) is 0 Å². The van der Waals surface area contributed by atoms with Crippen LogP contribution in [0.25, 0.3) is 0 Å². The molecule has 0 bridgehead atoms. The summed E-state index contributed by atoms with van der Waals surface area (Å²) in [5.41, 5.74) is 2.04. The minimum Gasteiger partial charge on any atom is -0.353 e. The van der Waals surface area contributed by atoms with Gasteiger partial charge in [0.2, 0.25) is 5.95 Å². The molecule has 0 saturated heterocycles. The van der Waals surface area contributed by atoms with Gasteiger partial charge in [-0.2, -0.15) is 0 Å². The van der Waals surface area contributed by atoms with Crippen molar-refractivity contribution >= 4 is 5.95 Å². The first-order valence-corrected chi connectivity index (χ1v) is 5.91. The average Bonchev–Trinajstić information content (AvgIpc) is 2.98. The zero-order valence-corrected chi connectivity index (χ0v) is 10.3. The van der Waals surface area contributed by atoms with Crippen molar-refractivity contribution in [2.45, 2.75) is 32.7 Å². The highest BCUT2D eigenvalue weighted by atomic mass is 15.2. The van der Waals surface area contributed by atoms with Crippen molar-refractivity contribution in [3.05, 3.63) is 17.5 Å². The lowest BCUT2D eigenvalue weighted by atomic mass is 10.4. The van der Waals surface area contributed by atoms with E-state index in [4.69, 9.17) is 0 Å². The van der Waals surface area contributed by atoms with Gasteiger partial charge in [0.25, 0.3) is 0 Å². The summed E-state index contributed by atoms with van der Waals surface area (Å²) in [5, 5.41) is 3.28. The molecule has 1 aliphatic carbocycles. The highest BCUT2D eigenvalue weighted by Crippen LogP contribution is 2.24. The summed E-state index contributed by atoms with van der Waals surface area (Å²) in [6, 6.07) is 2.81. The Morgan fingerprint density at radius 2 is 1.94 bits per heavy atom. The lowest BCUT2D eigenvalue weighted by molar-refractivity contribution is 0.337. The maximum atomic E-state index is 4.35. The minimum absolute atomic E-state index is 0.752. The molecule has 16 heavy (non-hydrogen) atoms. The molecule has 0 aliphatic heterocycles. The van der Waals surface area contributed by atoms with Crippen LogP contribution in [0.4, 0.5) is 5.95 Å². The Kier molecular flexibility index (Phi) is 3.39. The molecule has 0 spiro atoms. The summed E-state index contributed by atoms with van der Waals surface area (Å²) < 4.78 is 0. The Balaban J connectivity index is 1.79. The third kappa shape index (κ3) is 3.17. The third-order valence-electron chi connectivity index (χ3n) is 2.90. The van der Waals surface area contributed by atoms with Crippen molar-refractivity contribution in [3.8, 4) is 0 Å². The number of rotatable bonds is 5. The second-order valence-corrected chi connectivity index (χ2v) is 4.61. The first-order valence-electron chi connectivity index (χ1n) is 5.91. The van der Waals surface area contributed by atoms with E-state index in [9.17, 15) is 0 Å². The van der Waals surface area contributed by atoms with Crippen LogP contribution >= 0.6 is 0 Å². The normalized spacial score (nSPS) is 15.5. The van der Waals surface area contributed by atoms with Crippen molar-refractivity contribution in [2.75, 3.05) is 25.5 Å². The van der Waals surface area contributed by atoms with Gasteiger partial charge in [-0.3, -0.25) is 0 Å². The quantitative estimate of drug-likeness (QED) is 0.818. The number of nitrogens with zero attached hydrogens (tertiary/aromatic N) is 3. The van der Waals surface area contributed by atoms with Crippen LogP contribution in [0, 0.1) is 13.8 Å². The van der Waals surface area contributed by atoms with Crippen LogP contribution in [0.15, 0.2) is 6.07 Å². The van der Waals surface area contributed by atoms with Gasteiger partial charge in [0.15, 0.2) is 0 Å². The van der Waals surface area contributed by atoms with Crippen molar-refractivity contribution in [1.82, 2.24) is 14.9 Å². The van der Waals surface area contributed by atoms with Gasteiger partial charge in [-0.25, -0.2) is 9.97 Å². The van der Waals surface area contributed by atoms with Gasteiger partial charge in [-0.1, -0.05) is 0 Å². The summed E-state index contributed by atoms with van der Waals surface area (Å²) in [6.07, 6.45) is 2.72. The van der Waals surface area contributed by atoms with Gasteiger partial charge in [-0.15, -0.1) is 0 Å². The lowest BCUT2D eigenvalue weighted by Crippen LogP contribution is -2.27. The SMILES string of the molecule is Cc1cc(C)nc(NCCN(C)C2CC2)n1. The van der Waals surface area contributed by atoms with Gasteiger partial charge in [-0.05, 0) is 39.8 Å². The maximum Gasteiger partial charge on any atom is 0.223 e. The predicted octanol–water partition coefficient (Wildman–Crippen LogP) is 1.60. The first-order chi connectivity index (χ1) is 7.65. The van der Waals surface area contributed by atoms with E-state index >= 15 is 0 Å². The molecule has 4 nitrogen and oxygen atoms in total. The Morgan fingerprint density at radius 1 is 1.31 bits per heavy atom. The molecule has 88 valence electrons. The van der Waals surface area contributed by atoms with E-state index < -0.39 is 0 Å². The van der Waals surface area contributed by atoms with E-state index in [0.29, 0.717) is 0 Å². The van der Waals surface area contributed by atoms with Crippen LogP contribution in [0.1, 0.15) is 24.2 Å². The lowest BCUT2D eigenvalue weighted by Gasteiger charge is -2.15. The van der Waals surface area contributed by atoms with Crippen LogP contribution in [0.3, 0.4) is 0 Å². The third-order valence-corrected chi connectivity index (χ3v) is 2.90. The molecular formula is C12H20N4. The number of hydrogen-bond acceptors (Lipinski definition) is 4. The Labute approximate surface area is 97.1 Å². The standard InChI is InChI=1S/C12H20N4/c1-9-8-10(2)15-12(14-9)13-6-7-16(3)11-4-5-11/h8,11H,4-7H2,1-3H3,(H,13,14,15). The molecule has 1 N–H and O–H groups in total. The molecule has 4 heteroatoms. The number of anilines is 1. The smallest absolute Gasteiger partial charge is 0.223 e. The molecule has 0 amide bonds. The summed E-state index contributed by atoms with van der Waals surface area (Å²) in [5.74, 6) is 0.752. The fraction of sp³-hybridized carbons (Fsp3) is 0.667. The molecule has 1 saturated carbocycles. The van der Waals surface area contributed by atoms with Crippen LogP contribution in [-0.4, -0.2) is 41.0 Å². The number of nitrogens with one attached hydrogen (secondary N) is 1. The van der Waals surface area contributed by atoms with Gasteiger partial charge >= 0.3 is 0 Å². The number of aryl methyl sites for hydroxylation is 2. The molecular weight excluding hydrogens is 200 g/mol. The zero-order valence-electron chi connectivity index (χ0n) is 10.3. The van der Waals surface area contributed by atoms with Gasteiger partial charge in [0.1, 0.15) is 0 Å². The van der Waals surface area contributed by atoms with Crippen molar-refractivity contribution < 1.29 is 0 Å². The second kappa shape index (κ2) is 4.78. The highest BCUT2D eigenvalue weighted by Gasteiger charge is 2.25. The molecule has 0 radical (unpaired) electrons. The maximum absolute atomic E-state index is 4.35. The Bertz CT molecular complexity index is 340. The van der Waals surface area contributed by atoms with Crippen LogP contribution in [-0.2, 0) is 0 Å². The van der Waals surface area contributed by atoms with E-state index in [1.165, 1.54) is 12.8 Å². The van der Waals surface area contributed by atoms with Gasteiger partial charge in [0, 0.05) is 30.5 Å². The molecule has 2 rings (SSSR count). The van der Waals surface area contributed by atoms with E-state index in [2.05, 4.69) is 27.2 Å². The van der Waals surface area contributed by atoms with Crippen LogP contribution in [0.2, 0.25) is 0 Å². The number of likely N-dealkylation sites (N-methyl/N-ethyl adjacent to an activating group) is 1. The molecule has 0 unspecified atom stereocenters. The minimum atomic E-state index is 0.752. The van der Waals surface area contributed by atoms with Crippen molar-refractivity contribution in [2.24, 2.45) is 0 Å². The summed E-state index contributed by atoms with van der Waals surface area (Å²) >= 11 is 0. The number of aromatic nitrogens is 2. The fourth-order valence-electron chi connectivity index (χ4n) is 1.85. The van der Waals surface area contributed by atoms with E-state index in [-0.39, 0.29) is 0 Å². The van der Waals surface area contributed by atoms with Gasteiger partial charge < -0.3 is 10.2 Å². The largest absolute Gasteiger partial charge is 0.353 e.